The quantitative estimate of drug-likeness (QED) is 0.797. The van der Waals surface area contributed by atoms with Crippen LogP contribution in [0.4, 0.5) is 4.39 Å². The van der Waals surface area contributed by atoms with Crippen molar-refractivity contribution in [2.75, 3.05) is 13.1 Å². The fourth-order valence-electron chi connectivity index (χ4n) is 2.86. The van der Waals surface area contributed by atoms with Gasteiger partial charge in [-0.25, -0.2) is 4.39 Å². The number of halogens is 1. The fourth-order valence-corrected chi connectivity index (χ4v) is 3.70. The molecular weight excluding hydrogens is 341 g/mol. The minimum Gasteiger partial charge on any atom is -0.369 e. The Balaban J connectivity index is 1.92. The Morgan fingerprint density at radius 3 is 2.56 bits per heavy atom. The molecule has 2 aromatic rings. The Hall–Kier alpha value is -1.93. The monoisotopic (exact) mass is 363 g/mol. The summed E-state index contributed by atoms with van der Waals surface area (Å²) in [6, 6.07) is 6.20. The molecule has 8 heteroatoms. The second kappa shape index (κ2) is 7.97. The predicted molar refractivity (Wildman–Crippen MR) is 95.0 cm³/mol. The molecule has 1 fully saturated rings. The van der Waals surface area contributed by atoms with Crippen LogP contribution in [0.3, 0.4) is 0 Å². The molecule has 2 N–H and O–H groups in total. The summed E-state index contributed by atoms with van der Waals surface area (Å²) in [5.74, 6) is 0.0815. The third-order valence-corrected chi connectivity index (χ3v) is 5.34. The molecule has 1 aromatic carbocycles. The van der Waals surface area contributed by atoms with Crippen molar-refractivity contribution in [3.8, 4) is 5.69 Å². The molecule has 1 amide bonds. The second-order valence-electron chi connectivity index (χ2n) is 6.21. The van der Waals surface area contributed by atoms with Gasteiger partial charge >= 0.3 is 0 Å². The van der Waals surface area contributed by atoms with Crippen LogP contribution in [0, 0.1) is 5.82 Å². The van der Waals surface area contributed by atoms with E-state index in [1.54, 1.807) is 19.1 Å². The van der Waals surface area contributed by atoms with Crippen molar-refractivity contribution in [2.45, 2.75) is 43.1 Å². The number of thioether (sulfide) groups is 1. The standard InChI is InChI=1S/C17H22FN5OS/c1-12(16(19)24)25-17-21-20-15(11-22-9-3-2-4-10-22)23(17)14-7-5-13(18)6-8-14/h5-8,12H,2-4,9-11H2,1H3,(H2,19,24). The van der Waals surface area contributed by atoms with E-state index in [1.165, 1.54) is 43.2 Å². The Bertz CT molecular complexity index is 727. The Morgan fingerprint density at radius 1 is 1.24 bits per heavy atom. The van der Waals surface area contributed by atoms with E-state index < -0.39 is 11.2 Å². The van der Waals surface area contributed by atoms with E-state index in [0.717, 1.165) is 24.6 Å². The summed E-state index contributed by atoms with van der Waals surface area (Å²) in [6.45, 7) is 4.49. The van der Waals surface area contributed by atoms with E-state index in [2.05, 4.69) is 15.1 Å². The molecule has 1 atom stereocenters. The molecule has 1 unspecified atom stereocenters. The SMILES string of the molecule is CC(Sc1nnc(CN2CCCCC2)n1-c1ccc(F)cc1)C(N)=O. The Morgan fingerprint density at radius 2 is 1.92 bits per heavy atom. The summed E-state index contributed by atoms with van der Waals surface area (Å²) >= 11 is 1.26. The van der Waals surface area contributed by atoms with Crippen molar-refractivity contribution in [3.63, 3.8) is 0 Å². The number of hydrogen-bond donors (Lipinski definition) is 1. The third kappa shape index (κ3) is 4.38. The van der Waals surface area contributed by atoms with Gasteiger partial charge in [0.2, 0.25) is 5.91 Å². The number of hydrogen-bond acceptors (Lipinski definition) is 5. The highest BCUT2D eigenvalue weighted by Crippen LogP contribution is 2.26. The van der Waals surface area contributed by atoms with Crippen molar-refractivity contribution in [1.82, 2.24) is 19.7 Å². The summed E-state index contributed by atoms with van der Waals surface area (Å²) in [5.41, 5.74) is 6.15. The van der Waals surface area contributed by atoms with Gasteiger partial charge in [0.25, 0.3) is 0 Å². The predicted octanol–water partition coefficient (Wildman–Crippen LogP) is 2.36. The van der Waals surface area contributed by atoms with Gasteiger partial charge in [0.05, 0.1) is 11.8 Å². The number of nitrogens with two attached hydrogens (primary N) is 1. The van der Waals surface area contributed by atoms with Gasteiger partial charge in [-0.1, -0.05) is 18.2 Å². The van der Waals surface area contributed by atoms with Gasteiger partial charge < -0.3 is 5.73 Å². The van der Waals surface area contributed by atoms with Crippen LogP contribution in [0.1, 0.15) is 32.0 Å². The van der Waals surface area contributed by atoms with Crippen LogP contribution in [0.15, 0.2) is 29.4 Å². The van der Waals surface area contributed by atoms with Gasteiger partial charge in [0.1, 0.15) is 5.82 Å². The topological polar surface area (TPSA) is 77.0 Å². The fraction of sp³-hybridized carbons (Fsp3) is 0.471. The molecule has 6 nitrogen and oxygen atoms in total. The second-order valence-corrected chi connectivity index (χ2v) is 7.52. The maximum absolute atomic E-state index is 13.3. The average Bonchev–Trinajstić information content (AvgIpc) is 2.98. The first-order valence-electron chi connectivity index (χ1n) is 8.43. The number of amides is 1. The summed E-state index contributed by atoms with van der Waals surface area (Å²) in [7, 11) is 0. The largest absolute Gasteiger partial charge is 0.369 e. The minimum atomic E-state index is -0.425. The van der Waals surface area contributed by atoms with Crippen LogP contribution < -0.4 is 5.73 Å². The van der Waals surface area contributed by atoms with E-state index in [4.69, 9.17) is 5.73 Å². The van der Waals surface area contributed by atoms with E-state index in [-0.39, 0.29) is 5.82 Å². The zero-order chi connectivity index (χ0) is 17.8. The molecule has 0 radical (unpaired) electrons. The van der Waals surface area contributed by atoms with E-state index in [9.17, 15) is 9.18 Å². The number of rotatable bonds is 6. The zero-order valence-corrected chi connectivity index (χ0v) is 15.0. The van der Waals surface area contributed by atoms with Crippen molar-refractivity contribution < 1.29 is 9.18 Å². The van der Waals surface area contributed by atoms with Crippen molar-refractivity contribution in [2.24, 2.45) is 5.73 Å². The van der Waals surface area contributed by atoms with Gasteiger partial charge in [-0.2, -0.15) is 0 Å². The summed E-state index contributed by atoms with van der Waals surface area (Å²) < 4.78 is 15.2. The maximum Gasteiger partial charge on any atom is 0.230 e. The number of carbonyl (C=O) groups is 1. The van der Waals surface area contributed by atoms with E-state index >= 15 is 0 Å². The minimum absolute atomic E-state index is 0.297. The molecule has 1 aliphatic heterocycles. The summed E-state index contributed by atoms with van der Waals surface area (Å²) in [4.78, 5) is 13.8. The molecule has 1 saturated heterocycles. The number of benzene rings is 1. The number of carbonyl (C=O) groups excluding carboxylic acids is 1. The first-order valence-corrected chi connectivity index (χ1v) is 9.31. The normalized spacial score (nSPS) is 16.7. The number of piperidine rings is 1. The maximum atomic E-state index is 13.3. The number of aromatic nitrogens is 3. The van der Waals surface area contributed by atoms with Gasteiger partial charge in [0.15, 0.2) is 11.0 Å². The van der Waals surface area contributed by atoms with Crippen LogP contribution >= 0.6 is 11.8 Å². The lowest BCUT2D eigenvalue weighted by atomic mass is 10.1. The summed E-state index contributed by atoms with van der Waals surface area (Å²) in [5, 5.41) is 8.74. The molecule has 25 heavy (non-hydrogen) atoms. The van der Waals surface area contributed by atoms with Crippen molar-refractivity contribution >= 4 is 17.7 Å². The van der Waals surface area contributed by atoms with Crippen molar-refractivity contribution in [1.29, 1.82) is 0 Å². The molecule has 3 rings (SSSR count). The van der Waals surface area contributed by atoms with E-state index in [0.29, 0.717) is 11.7 Å². The molecule has 1 aromatic heterocycles. The summed E-state index contributed by atoms with van der Waals surface area (Å²) in [6.07, 6.45) is 3.63. The van der Waals surface area contributed by atoms with Gasteiger partial charge in [0, 0.05) is 5.69 Å². The lowest BCUT2D eigenvalue weighted by molar-refractivity contribution is -0.117. The highest BCUT2D eigenvalue weighted by molar-refractivity contribution is 8.00. The first-order chi connectivity index (χ1) is 12.0. The van der Waals surface area contributed by atoms with Gasteiger partial charge in [-0.15, -0.1) is 10.2 Å². The highest BCUT2D eigenvalue weighted by atomic mass is 32.2. The smallest absolute Gasteiger partial charge is 0.230 e. The molecule has 2 heterocycles. The van der Waals surface area contributed by atoms with E-state index in [1.807, 2.05) is 4.57 Å². The molecule has 0 saturated carbocycles. The zero-order valence-electron chi connectivity index (χ0n) is 14.2. The van der Waals surface area contributed by atoms with Crippen molar-refractivity contribution in [3.05, 3.63) is 35.9 Å². The highest BCUT2D eigenvalue weighted by Gasteiger charge is 2.21. The third-order valence-electron chi connectivity index (χ3n) is 4.28. The number of nitrogens with zero attached hydrogens (tertiary/aromatic N) is 4. The van der Waals surface area contributed by atoms with Gasteiger partial charge in [-0.3, -0.25) is 14.3 Å². The van der Waals surface area contributed by atoms with Crippen LogP contribution in [0.5, 0.6) is 0 Å². The molecule has 0 aliphatic carbocycles. The number of likely N-dealkylation sites (tertiary alicyclic amines) is 1. The molecule has 134 valence electrons. The van der Waals surface area contributed by atoms with Gasteiger partial charge in [-0.05, 0) is 57.1 Å². The lowest BCUT2D eigenvalue weighted by Gasteiger charge is -2.26. The Labute approximate surface area is 150 Å². The Kier molecular flexibility index (Phi) is 5.70. The van der Waals surface area contributed by atoms with Crippen LogP contribution in [-0.2, 0) is 11.3 Å². The van der Waals surface area contributed by atoms with Crippen LogP contribution in [-0.4, -0.2) is 43.9 Å². The first kappa shape index (κ1) is 17.9. The molecule has 0 bridgehead atoms. The molecule has 0 spiro atoms. The van der Waals surface area contributed by atoms with Crippen LogP contribution in [0.25, 0.3) is 5.69 Å². The molecule has 1 aliphatic rings. The van der Waals surface area contributed by atoms with Crippen LogP contribution in [0.2, 0.25) is 0 Å². The molecular formula is C17H22FN5OS. The number of primary amides is 1. The average molecular weight is 363 g/mol. The lowest BCUT2D eigenvalue weighted by Crippen LogP contribution is -2.30.